The highest BCUT2D eigenvalue weighted by Gasteiger charge is 2.30. The number of nitrogens with one attached hydrogen (secondary N) is 1. The molecule has 1 aliphatic heterocycles. The van der Waals surface area contributed by atoms with Crippen molar-refractivity contribution in [2.45, 2.75) is 6.17 Å². The Morgan fingerprint density at radius 2 is 1.46 bits per heavy atom. The molecule has 1 heterocycles. The predicted octanol–water partition coefficient (Wildman–Crippen LogP) is 4.28. The Kier molecular flexibility index (Phi) is 3.93. The van der Waals surface area contributed by atoms with Crippen LogP contribution in [0.25, 0.3) is 11.1 Å². The van der Waals surface area contributed by atoms with Crippen molar-refractivity contribution in [3.8, 4) is 11.1 Å². The van der Waals surface area contributed by atoms with Gasteiger partial charge in [0.15, 0.2) is 0 Å². The van der Waals surface area contributed by atoms with E-state index in [0.717, 1.165) is 11.4 Å². The molecule has 3 aromatic rings. The van der Waals surface area contributed by atoms with Crippen LogP contribution >= 0.6 is 0 Å². The number of aliphatic hydroxyl groups excluding tert-OH is 1. The molecule has 3 nitrogen and oxygen atoms in total. The molecule has 2 N–H and O–H groups in total. The lowest BCUT2D eigenvalue weighted by Gasteiger charge is -2.40. The topological polar surface area (TPSA) is 35.5 Å². The second-order valence-electron chi connectivity index (χ2n) is 5.93. The number of β-amino-alcohol motifs (C(OH)–C–C–N with tert-alkyl or cyclic N) is 1. The summed E-state index contributed by atoms with van der Waals surface area (Å²) in [5, 5.41) is 13.2. The summed E-state index contributed by atoms with van der Waals surface area (Å²) in [5.74, 6) is 0. The third-order valence-electron chi connectivity index (χ3n) is 4.49. The molecule has 0 saturated heterocycles. The molecule has 0 aromatic heterocycles. The van der Waals surface area contributed by atoms with Gasteiger partial charge in [-0.15, -0.1) is 0 Å². The third kappa shape index (κ3) is 2.53. The average Bonchev–Trinajstić information content (AvgIpc) is 2.65. The van der Waals surface area contributed by atoms with E-state index in [0.29, 0.717) is 6.54 Å². The second kappa shape index (κ2) is 6.38. The number of nitrogens with zero attached hydrogens (tertiary/aromatic N) is 1. The van der Waals surface area contributed by atoms with Crippen molar-refractivity contribution in [3.05, 3.63) is 84.4 Å². The van der Waals surface area contributed by atoms with Crippen molar-refractivity contribution >= 4 is 11.4 Å². The van der Waals surface area contributed by atoms with Crippen LogP contribution in [0.3, 0.4) is 0 Å². The van der Waals surface area contributed by atoms with Crippen LogP contribution in [0.2, 0.25) is 0 Å². The summed E-state index contributed by atoms with van der Waals surface area (Å²) in [6.45, 7) is 0.694. The minimum absolute atomic E-state index is 0.00866. The van der Waals surface area contributed by atoms with E-state index in [1.807, 2.05) is 18.2 Å². The van der Waals surface area contributed by atoms with Crippen LogP contribution in [0.1, 0.15) is 11.7 Å². The maximum atomic E-state index is 9.61. The van der Waals surface area contributed by atoms with Crippen molar-refractivity contribution < 1.29 is 5.11 Å². The number of para-hydroxylation sites is 2. The Bertz CT molecular complexity index is 832. The molecule has 0 radical (unpaired) electrons. The molecule has 24 heavy (non-hydrogen) atoms. The molecule has 120 valence electrons. The molecule has 0 amide bonds. The Morgan fingerprint density at radius 3 is 2.25 bits per heavy atom. The van der Waals surface area contributed by atoms with E-state index in [4.69, 9.17) is 0 Å². The molecule has 0 saturated carbocycles. The summed E-state index contributed by atoms with van der Waals surface area (Å²) in [7, 11) is 0. The predicted molar refractivity (Wildman–Crippen MR) is 99.1 cm³/mol. The molecule has 0 aliphatic carbocycles. The fourth-order valence-electron chi connectivity index (χ4n) is 3.44. The summed E-state index contributed by atoms with van der Waals surface area (Å²) in [5.41, 5.74) is 5.91. The van der Waals surface area contributed by atoms with Gasteiger partial charge >= 0.3 is 0 Å². The van der Waals surface area contributed by atoms with E-state index in [-0.39, 0.29) is 12.8 Å². The van der Waals surface area contributed by atoms with Crippen LogP contribution in [0.15, 0.2) is 78.9 Å². The van der Waals surface area contributed by atoms with Crippen molar-refractivity contribution in [2.24, 2.45) is 0 Å². The van der Waals surface area contributed by atoms with Gasteiger partial charge in [0.25, 0.3) is 0 Å². The number of fused-ring (bicyclic) bond motifs is 3. The molecule has 0 spiro atoms. The molecule has 3 aromatic carbocycles. The van der Waals surface area contributed by atoms with Crippen LogP contribution in [0, 0.1) is 0 Å². The van der Waals surface area contributed by atoms with Crippen LogP contribution in [-0.2, 0) is 0 Å². The molecule has 0 fully saturated rings. The second-order valence-corrected chi connectivity index (χ2v) is 5.93. The first-order chi connectivity index (χ1) is 11.9. The fourth-order valence-corrected chi connectivity index (χ4v) is 3.44. The Balaban J connectivity index is 1.84. The Labute approximate surface area is 142 Å². The first kappa shape index (κ1) is 14.8. The van der Waals surface area contributed by atoms with Gasteiger partial charge in [-0.3, -0.25) is 0 Å². The average molecular weight is 316 g/mol. The zero-order valence-electron chi connectivity index (χ0n) is 13.4. The standard InChI is InChI=1S/C21H20N2O/c24-15-14-23-20-13-7-6-11-18(20)17-10-4-5-12-19(17)21(23)22-16-8-2-1-3-9-16/h1-13,21-22,24H,14-15H2. The maximum Gasteiger partial charge on any atom is 0.126 e. The lowest BCUT2D eigenvalue weighted by Crippen LogP contribution is -2.38. The number of hydrogen-bond donors (Lipinski definition) is 2. The lowest BCUT2D eigenvalue weighted by molar-refractivity contribution is 0.298. The minimum Gasteiger partial charge on any atom is -0.395 e. The quantitative estimate of drug-likeness (QED) is 0.754. The highest BCUT2D eigenvalue weighted by atomic mass is 16.3. The Hall–Kier alpha value is -2.78. The van der Waals surface area contributed by atoms with Crippen LogP contribution in [-0.4, -0.2) is 18.3 Å². The molecule has 1 aliphatic rings. The number of benzene rings is 3. The normalized spacial score (nSPS) is 15.5. The molecule has 4 rings (SSSR count). The number of rotatable bonds is 4. The van der Waals surface area contributed by atoms with Gasteiger partial charge in [-0.05, 0) is 23.8 Å². The summed E-state index contributed by atoms with van der Waals surface area (Å²) in [4.78, 5) is 2.24. The van der Waals surface area contributed by atoms with Gasteiger partial charge in [-0.25, -0.2) is 0 Å². The van der Waals surface area contributed by atoms with Gasteiger partial charge in [-0.1, -0.05) is 60.7 Å². The molecular weight excluding hydrogens is 296 g/mol. The van der Waals surface area contributed by atoms with Gasteiger partial charge in [0.2, 0.25) is 0 Å². The SMILES string of the molecule is OCCN1c2ccccc2-c2ccccc2C1Nc1ccccc1. The van der Waals surface area contributed by atoms with E-state index in [9.17, 15) is 5.11 Å². The highest BCUT2D eigenvalue weighted by molar-refractivity contribution is 5.85. The molecule has 0 bridgehead atoms. The Morgan fingerprint density at radius 1 is 0.792 bits per heavy atom. The van der Waals surface area contributed by atoms with E-state index < -0.39 is 0 Å². The van der Waals surface area contributed by atoms with Crippen LogP contribution in [0.4, 0.5) is 11.4 Å². The number of aliphatic hydroxyl groups is 1. The first-order valence-electron chi connectivity index (χ1n) is 8.26. The molecule has 1 unspecified atom stereocenters. The molecular formula is C21H20N2O. The van der Waals surface area contributed by atoms with Crippen molar-refractivity contribution in [3.63, 3.8) is 0 Å². The van der Waals surface area contributed by atoms with E-state index in [1.54, 1.807) is 0 Å². The van der Waals surface area contributed by atoms with Crippen molar-refractivity contribution in [1.29, 1.82) is 0 Å². The van der Waals surface area contributed by atoms with Gasteiger partial charge in [-0.2, -0.15) is 0 Å². The van der Waals surface area contributed by atoms with E-state index in [2.05, 4.69) is 70.9 Å². The third-order valence-corrected chi connectivity index (χ3v) is 4.49. The zero-order chi connectivity index (χ0) is 16.4. The summed E-state index contributed by atoms with van der Waals surface area (Å²) >= 11 is 0. The minimum atomic E-state index is -0.00866. The fraction of sp³-hybridized carbons (Fsp3) is 0.143. The number of anilines is 2. The van der Waals surface area contributed by atoms with E-state index >= 15 is 0 Å². The highest BCUT2D eigenvalue weighted by Crippen LogP contribution is 2.44. The van der Waals surface area contributed by atoms with Crippen LogP contribution in [0.5, 0.6) is 0 Å². The van der Waals surface area contributed by atoms with Gasteiger partial charge in [0, 0.05) is 29.0 Å². The smallest absolute Gasteiger partial charge is 0.126 e. The summed E-state index contributed by atoms with van der Waals surface area (Å²) < 4.78 is 0. The van der Waals surface area contributed by atoms with E-state index in [1.165, 1.54) is 16.7 Å². The van der Waals surface area contributed by atoms with Crippen molar-refractivity contribution in [1.82, 2.24) is 0 Å². The van der Waals surface area contributed by atoms with Gasteiger partial charge in [0.1, 0.15) is 6.17 Å². The number of hydrogen-bond acceptors (Lipinski definition) is 3. The largest absolute Gasteiger partial charge is 0.395 e. The molecule has 1 atom stereocenters. The van der Waals surface area contributed by atoms with Crippen LogP contribution < -0.4 is 10.2 Å². The first-order valence-corrected chi connectivity index (χ1v) is 8.26. The zero-order valence-corrected chi connectivity index (χ0v) is 13.4. The van der Waals surface area contributed by atoms with Crippen molar-refractivity contribution in [2.75, 3.05) is 23.4 Å². The van der Waals surface area contributed by atoms with Gasteiger partial charge < -0.3 is 15.3 Å². The monoisotopic (exact) mass is 316 g/mol. The lowest BCUT2D eigenvalue weighted by atomic mass is 9.91. The summed E-state index contributed by atoms with van der Waals surface area (Å²) in [6.07, 6.45) is -0.00866. The maximum absolute atomic E-state index is 9.61. The molecule has 3 heteroatoms. The summed E-state index contributed by atoms with van der Waals surface area (Å²) in [6, 6.07) is 27.1. The van der Waals surface area contributed by atoms with Gasteiger partial charge in [0.05, 0.1) is 6.61 Å².